The number of piperidine rings is 1. The summed E-state index contributed by atoms with van der Waals surface area (Å²) < 4.78 is 14.1. The van der Waals surface area contributed by atoms with Crippen molar-refractivity contribution in [2.75, 3.05) is 24.5 Å². The van der Waals surface area contributed by atoms with Crippen molar-refractivity contribution in [2.24, 2.45) is 4.99 Å². The number of anilines is 1. The Morgan fingerprint density at radius 2 is 2.03 bits per heavy atom. The van der Waals surface area contributed by atoms with Crippen LogP contribution in [0.5, 0.6) is 0 Å². The smallest absolute Gasteiger partial charge is 0.191 e. The van der Waals surface area contributed by atoms with E-state index in [0.717, 1.165) is 31.6 Å². The predicted octanol–water partition coefficient (Wildman–Crippen LogP) is 3.91. The van der Waals surface area contributed by atoms with Crippen molar-refractivity contribution in [3.05, 3.63) is 65.0 Å². The van der Waals surface area contributed by atoms with Crippen LogP contribution >= 0.6 is 24.0 Å². The molecular weight excluding hydrogens is 506 g/mol. The number of para-hydroxylation sites is 1. The molecule has 0 radical (unpaired) electrons. The lowest BCUT2D eigenvalue weighted by atomic mass is 10.0. The highest BCUT2D eigenvalue weighted by atomic mass is 127. The molecule has 31 heavy (non-hydrogen) atoms. The van der Waals surface area contributed by atoms with Gasteiger partial charge in [0, 0.05) is 31.2 Å². The van der Waals surface area contributed by atoms with Gasteiger partial charge in [-0.25, -0.2) is 9.38 Å². The Morgan fingerprint density at radius 1 is 1.23 bits per heavy atom. The van der Waals surface area contributed by atoms with E-state index in [1.165, 1.54) is 6.07 Å². The molecule has 0 aromatic heterocycles. The first-order chi connectivity index (χ1) is 14.6. The zero-order valence-corrected chi connectivity index (χ0v) is 19.8. The van der Waals surface area contributed by atoms with E-state index < -0.39 is 5.82 Å². The molecule has 3 rings (SSSR count). The Kier molecular flexibility index (Phi) is 9.54. The molecule has 0 saturated carbocycles. The number of nitrogens with zero attached hydrogens (tertiary/aromatic N) is 4. The number of aliphatic imine (C=N–C) groups is 1. The second-order valence-electron chi connectivity index (χ2n) is 7.17. The summed E-state index contributed by atoms with van der Waals surface area (Å²) >= 11 is 0. The van der Waals surface area contributed by atoms with Crippen LogP contribution in [0.3, 0.4) is 0 Å². The van der Waals surface area contributed by atoms with Crippen molar-refractivity contribution in [1.82, 2.24) is 10.6 Å². The van der Waals surface area contributed by atoms with E-state index in [1.54, 1.807) is 12.1 Å². The Labute approximate surface area is 199 Å². The average Bonchev–Trinajstić information content (AvgIpc) is 2.78. The van der Waals surface area contributed by atoms with Crippen molar-refractivity contribution in [1.29, 1.82) is 10.5 Å². The Morgan fingerprint density at radius 3 is 2.74 bits per heavy atom. The van der Waals surface area contributed by atoms with E-state index in [9.17, 15) is 9.65 Å². The van der Waals surface area contributed by atoms with E-state index in [0.29, 0.717) is 29.2 Å². The van der Waals surface area contributed by atoms with E-state index in [2.05, 4.69) is 26.6 Å². The summed E-state index contributed by atoms with van der Waals surface area (Å²) in [6.45, 7) is 4.52. The van der Waals surface area contributed by atoms with E-state index in [-0.39, 0.29) is 36.6 Å². The van der Waals surface area contributed by atoms with Gasteiger partial charge in [0.2, 0.25) is 0 Å². The first kappa shape index (κ1) is 24.4. The van der Waals surface area contributed by atoms with Crippen LogP contribution in [0.15, 0.2) is 47.5 Å². The fourth-order valence-electron chi connectivity index (χ4n) is 3.58. The minimum Gasteiger partial charge on any atom is -0.368 e. The number of nitrogens with one attached hydrogen (secondary N) is 2. The molecular formula is C23H26FIN6. The molecule has 0 aliphatic carbocycles. The van der Waals surface area contributed by atoms with Gasteiger partial charge in [-0.05, 0) is 44.0 Å². The number of rotatable bonds is 5. The molecule has 1 aliphatic heterocycles. The van der Waals surface area contributed by atoms with Crippen molar-refractivity contribution >= 4 is 35.6 Å². The van der Waals surface area contributed by atoms with Gasteiger partial charge in [0.1, 0.15) is 11.9 Å². The highest BCUT2D eigenvalue weighted by molar-refractivity contribution is 14.0. The molecule has 1 unspecified atom stereocenters. The van der Waals surface area contributed by atoms with Gasteiger partial charge >= 0.3 is 0 Å². The second kappa shape index (κ2) is 12.1. The van der Waals surface area contributed by atoms with Gasteiger partial charge in [-0.2, -0.15) is 10.5 Å². The summed E-state index contributed by atoms with van der Waals surface area (Å²) in [6.07, 6.45) is 1.99. The maximum Gasteiger partial charge on any atom is 0.191 e. The van der Waals surface area contributed by atoms with Crippen molar-refractivity contribution in [2.45, 2.75) is 32.4 Å². The van der Waals surface area contributed by atoms with Crippen LogP contribution in [0.25, 0.3) is 0 Å². The number of benzene rings is 2. The van der Waals surface area contributed by atoms with Gasteiger partial charge in [0.25, 0.3) is 0 Å². The minimum absolute atomic E-state index is 0. The third kappa shape index (κ3) is 6.56. The molecule has 1 fully saturated rings. The highest BCUT2D eigenvalue weighted by Gasteiger charge is 2.22. The summed E-state index contributed by atoms with van der Waals surface area (Å²) in [4.78, 5) is 6.75. The SMILES string of the molecule is CCNC(=NCc1ccc(C#N)cc1F)NC1CCCN(c2ccccc2C#N)C1.I. The quantitative estimate of drug-likeness (QED) is 0.347. The van der Waals surface area contributed by atoms with Gasteiger partial charge in [0.15, 0.2) is 5.96 Å². The molecule has 1 saturated heterocycles. The third-order valence-corrected chi connectivity index (χ3v) is 5.06. The molecule has 8 heteroatoms. The van der Waals surface area contributed by atoms with Gasteiger partial charge in [-0.15, -0.1) is 24.0 Å². The van der Waals surface area contributed by atoms with Gasteiger partial charge in [-0.3, -0.25) is 0 Å². The van der Waals surface area contributed by atoms with Crippen LogP contribution in [0.1, 0.15) is 36.5 Å². The predicted molar refractivity (Wildman–Crippen MR) is 131 cm³/mol. The summed E-state index contributed by atoms with van der Waals surface area (Å²) in [5, 5.41) is 24.9. The lowest BCUT2D eigenvalue weighted by Gasteiger charge is -2.35. The molecule has 1 atom stereocenters. The zero-order chi connectivity index (χ0) is 21.3. The summed E-state index contributed by atoms with van der Waals surface area (Å²) in [7, 11) is 0. The number of guanidine groups is 1. The summed E-state index contributed by atoms with van der Waals surface area (Å²) in [5.41, 5.74) is 2.37. The average molecular weight is 532 g/mol. The van der Waals surface area contributed by atoms with Crippen molar-refractivity contribution < 1.29 is 4.39 Å². The molecule has 0 amide bonds. The topological polar surface area (TPSA) is 87.2 Å². The minimum atomic E-state index is -0.425. The standard InChI is InChI=1S/C23H25FN6.HI/c1-2-27-23(28-15-19-10-9-17(13-25)12-21(19)24)29-20-7-5-11-30(16-20)22-8-4-3-6-18(22)14-26;/h3-4,6,8-10,12,20H,2,5,7,11,15-16H2,1H3,(H2,27,28,29);1H. The Bertz CT molecular complexity index is 994. The van der Waals surface area contributed by atoms with Crippen LogP contribution in [0, 0.1) is 28.5 Å². The van der Waals surface area contributed by atoms with E-state index >= 15 is 0 Å². The van der Waals surface area contributed by atoms with Crippen LogP contribution in [-0.4, -0.2) is 31.6 Å². The zero-order valence-electron chi connectivity index (χ0n) is 17.4. The fourth-order valence-corrected chi connectivity index (χ4v) is 3.58. The van der Waals surface area contributed by atoms with Crippen LogP contribution in [0.4, 0.5) is 10.1 Å². The summed E-state index contributed by atoms with van der Waals surface area (Å²) in [6, 6.07) is 16.4. The largest absolute Gasteiger partial charge is 0.368 e. The van der Waals surface area contributed by atoms with E-state index in [4.69, 9.17) is 5.26 Å². The van der Waals surface area contributed by atoms with E-state index in [1.807, 2.05) is 37.3 Å². The maximum absolute atomic E-state index is 14.1. The lowest BCUT2D eigenvalue weighted by molar-refractivity contribution is 0.468. The van der Waals surface area contributed by atoms with Crippen LogP contribution < -0.4 is 15.5 Å². The van der Waals surface area contributed by atoms with Gasteiger partial charge in [-0.1, -0.05) is 18.2 Å². The number of hydrogen-bond acceptors (Lipinski definition) is 4. The second-order valence-corrected chi connectivity index (χ2v) is 7.17. The first-order valence-electron chi connectivity index (χ1n) is 10.1. The first-order valence-corrected chi connectivity index (χ1v) is 10.1. The molecule has 6 nitrogen and oxygen atoms in total. The number of halogens is 2. The fraction of sp³-hybridized carbons (Fsp3) is 0.348. The van der Waals surface area contributed by atoms with Crippen LogP contribution in [-0.2, 0) is 6.54 Å². The molecule has 1 heterocycles. The van der Waals surface area contributed by atoms with Gasteiger partial charge in [0.05, 0.1) is 29.4 Å². The number of hydrogen-bond donors (Lipinski definition) is 2. The molecule has 1 aliphatic rings. The lowest BCUT2D eigenvalue weighted by Crippen LogP contribution is -2.51. The molecule has 162 valence electrons. The Hall–Kier alpha value is -2.85. The molecule has 0 bridgehead atoms. The molecule has 0 spiro atoms. The maximum atomic E-state index is 14.1. The Balaban J connectivity index is 0.00000341. The highest BCUT2D eigenvalue weighted by Crippen LogP contribution is 2.23. The monoisotopic (exact) mass is 532 g/mol. The third-order valence-electron chi connectivity index (χ3n) is 5.06. The normalized spacial score (nSPS) is 15.9. The molecule has 2 aromatic rings. The van der Waals surface area contributed by atoms with Crippen molar-refractivity contribution in [3.8, 4) is 12.1 Å². The number of nitriles is 2. The molecule has 2 N–H and O–H groups in total. The molecule has 2 aromatic carbocycles. The van der Waals surface area contributed by atoms with Crippen LogP contribution in [0.2, 0.25) is 0 Å². The summed E-state index contributed by atoms with van der Waals surface area (Å²) in [5.74, 6) is 0.201. The van der Waals surface area contributed by atoms with Gasteiger partial charge < -0.3 is 15.5 Å². The van der Waals surface area contributed by atoms with Crippen molar-refractivity contribution in [3.63, 3.8) is 0 Å².